The van der Waals surface area contributed by atoms with E-state index in [9.17, 15) is 35.4 Å². The van der Waals surface area contributed by atoms with E-state index in [1.54, 1.807) is 0 Å². The summed E-state index contributed by atoms with van der Waals surface area (Å²) >= 11 is 0. The first-order valence-corrected chi connectivity index (χ1v) is 11.3. The first-order chi connectivity index (χ1) is 18.1. The molecule has 0 radical (unpaired) electrons. The lowest BCUT2D eigenvalue weighted by Gasteiger charge is -2.40. The number of benzene rings is 2. The quantitative estimate of drug-likeness (QED) is 0.243. The number of fused-ring (bicyclic) bond motifs is 1. The predicted octanol–water partition coefficient (Wildman–Crippen LogP) is 0.420. The first-order valence-electron chi connectivity index (χ1n) is 11.3. The molecule has 1 aromatic heterocycles. The minimum Gasteiger partial charge on any atom is -0.504 e. The molecule has 0 bridgehead atoms. The fourth-order valence-electron chi connectivity index (χ4n) is 4.56. The Kier molecular flexibility index (Phi) is 7.58. The molecule has 0 amide bonds. The Morgan fingerprint density at radius 1 is 0.816 bits per heavy atom. The maximum Gasteiger partial charge on any atom is 0.204 e. The van der Waals surface area contributed by atoms with Crippen molar-refractivity contribution in [2.45, 2.75) is 30.5 Å². The van der Waals surface area contributed by atoms with Crippen LogP contribution in [0.3, 0.4) is 0 Å². The summed E-state index contributed by atoms with van der Waals surface area (Å²) in [6.45, 7) is -0.734. The van der Waals surface area contributed by atoms with Crippen LogP contribution in [-0.2, 0) is 4.74 Å². The van der Waals surface area contributed by atoms with E-state index in [-0.39, 0.29) is 28.2 Å². The number of rotatable bonds is 7. The van der Waals surface area contributed by atoms with Gasteiger partial charge in [-0.25, -0.2) is 0 Å². The van der Waals surface area contributed by atoms with Gasteiger partial charge < -0.3 is 58.7 Å². The molecule has 0 aliphatic carbocycles. The minimum absolute atomic E-state index is 0.0712. The third kappa shape index (κ3) is 4.14. The number of hydrogen-bond acceptors (Lipinski definition) is 13. The number of phenols is 2. The van der Waals surface area contributed by atoms with Gasteiger partial charge in [-0.05, 0) is 6.07 Å². The molecule has 0 saturated carbocycles. The van der Waals surface area contributed by atoms with Crippen LogP contribution in [-0.4, -0.2) is 90.1 Å². The summed E-state index contributed by atoms with van der Waals surface area (Å²) in [5.41, 5.74) is -1.37. The molecule has 2 aromatic carbocycles. The van der Waals surface area contributed by atoms with Crippen molar-refractivity contribution >= 4 is 11.0 Å². The average molecular weight is 536 g/mol. The van der Waals surface area contributed by atoms with Gasteiger partial charge in [-0.1, -0.05) is 0 Å². The zero-order valence-corrected chi connectivity index (χ0v) is 20.9. The van der Waals surface area contributed by atoms with Gasteiger partial charge in [-0.2, -0.15) is 0 Å². The van der Waals surface area contributed by atoms with Crippen LogP contribution in [0.2, 0.25) is 0 Å². The normalized spacial score (nSPS) is 23.3. The van der Waals surface area contributed by atoms with Gasteiger partial charge in [0.2, 0.25) is 11.2 Å². The zero-order chi connectivity index (χ0) is 27.9. The van der Waals surface area contributed by atoms with E-state index in [1.807, 2.05) is 0 Å². The number of aliphatic hydroxyl groups is 4. The van der Waals surface area contributed by atoms with Crippen molar-refractivity contribution < 1.29 is 58.7 Å². The molecule has 1 aliphatic heterocycles. The van der Waals surface area contributed by atoms with Gasteiger partial charge in [0.15, 0.2) is 28.6 Å². The van der Waals surface area contributed by atoms with Gasteiger partial charge in [0.05, 0.1) is 46.2 Å². The highest BCUT2D eigenvalue weighted by atomic mass is 16.5. The first kappa shape index (κ1) is 27.3. The number of phenolic OH excluding ortho intramolecular Hbond substituents is 2. The van der Waals surface area contributed by atoms with Crippen molar-refractivity contribution in [3.05, 3.63) is 34.2 Å². The Morgan fingerprint density at radius 2 is 1.45 bits per heavy atom. The van der Waals surface area contributed by atoms with E-state index in [0.29, 0.717) is 5.75 Å². The van der Waals surface area contributed by atoms with Crippen molar-refractivity contribution in [3.8, 4) is 45.6 Å². The van der Waals surface area contributed by atoms with Crippen LogP contribution < -0.4 is 24.4 Å². The lowest BCUT2D eigenvalue weighted by atomic mass is 9.89. The third-order valence-electron chi connectivity index (χ3n) is 6.54. The Balaban J connectivity index is 2.03. The summed E-state index contributed by atoms with van der Waals surface area (Å²) < 4.78 is 32.4. The molecule has 3 aromatic rings. The van der Waals surface area contributed by atoms with Crippen LogP contribution in [0, 0.1) is 0 Å². The second kappa shape index (κ2) is 10.6. The summed E-state index contributed by atoms with van der Waals surface area (Å²) in [5.74, 6) is -1.22. The van der Waals surface area contributed by atoms with Crippen LogP contribution in [0.4, 0.5) is 0 Å². The molecular formula is C25H28O13. The zero-order valence-electron chi connectivity index (χ0n) is 20.9. The summed E-state index contributed by atoms with van der Waals surface area (Å²) in [6, 6.07) is 2.97. The average Bonchev–Trinajstić information content (AvgIpc) is 2.92. The lowest BCUT2D eigenvalue weighted by molar-refractivity contribution is -0.231. The molecule has 6 N–H and O–H groups in total. The van der Waals surface area contributed by atoms with E-state index in [1.165, 1.54) is 33.5 Å². The summed E-state index contributed by atoms with van der Waals surface area (Å²) in [6.07, 6.45) is -7.17. The van der Waals surface area contributed by atoms with Crippen molar-refractivity contribution in [1.82, 2.24) is 0 Å². The summed E-state index contributed by atoms with van der Waals surface area (Å²) in [7, 11) is 5.34. The van der Waals surface area contributed by atoms with Gasteiger partial charge in [-0.3, -0.25) is 4.79 Å². The van der Waals surface area contributed by atoms with E-state index in [4.69, 9.17) is 28.1 Å². The molecule has 2 heterocycles. The molecule has 1 saturated heterocycles. The van der Waals surface area contributed by atoms with Crippen molar-refractivity contribution in [2.24, 2.45) is 0 Å². The summed E-state index contributed by atoms with van der Waals surface area (Å²) in [5, 5.41) is 62.1. The van der Waals surface area contributed by atoms with Gasteiger partial charge in [0.1, 0.15) is 47.9 Å². The highest BCUT2D eigenvalue weighted by molar-refractivity contribution is 5.95. The van der Waals surface area contributed by atoms with Crippen LogP contribution >= 0.6 is 0 Å². The fourth-order valence-corrected chi connectivity index (χ4v) is 4.56. The minimum atomic E-state index is -1.83. The number of ether oxygens (including phenoxy) is 5. The van der Waals surface area contributed by atoms with E-state index >= 15 is 0 Å². The number of methoxy groups -OCH3 is 4. The molecule has 1 fully saturated rings. The molecule has 0 spiro atoms. The Bertz CT molecular complexity index is 1400. The maximum atomic E-state index is 13.8. The van der Waals surface area contributed by atoms with Crippen molar-refractivity contribution in [3.63, 3.8) is 0 Å². The Labute approximate surface area is 215 Å². The molecule has 5 atom stereocenters. The molecule has 1 aliphatic rings. The van der Waals surface area contributed by atoms with E-state index < -0.39 is 70.8 Å². The topological polar surface area (TPSA) is 198 Å². The van der Waals surface area contributed by atoms with Crippen LogP contribution in [0.1, 0.15) is 11.7 Å². The lowest BCUT2D eigenvalue weighted by Crippen LogP contribution is -2.55. The molecule has 206 valence electrons. The standard InChI is InChI=1S/C25H28O13/c1-33-11-6-13(35-3)12(34-2)5-9(11)10-8-37-23-15(17(10)27)19(29)25(36-4)20(30)16(23)24-22(32)21(31)18(28)14(7-26)38-24/h5-6,8,14,18,21-22,24,26,28-32H,7H2,1-4H3. The van der Waals surface area contributed by atoms with Crippen LogP contribution in [0.5, 0.6) is 34.5 Å². The Hall–Kier alpha value is -3.75. The largest absolute Gasteiger partial charge is 0.504 e. The number of aromatic hydroxyl groups is 2. The molecule has 13 nitrogen and oxygen atoms in total. The second-order valence-corrected chi connectivity index (χ2v) is 8.48. The van der Waals surface area contributed by atoms with Crippen molar-refractivity contribution in [2.75, 3.05) is 35.0 Å². The van der Waals surface area contributed by atoms with Gasteiger partial charge >= 0.3 is 0 Å². The smallest absolute Gasteiger partial charge is 0.204 e. The predicted molar refractivity (Wildman–Crippen MR) is 130 cm³/mol. The molecular weight excluding hydrogens is 508 g/mol. The molecule has 38 heavy (non-hydrogen) atoms. The number of hydrogen-bond donors (Lipinski definition) is 6. The second-order valence-electron chi connectivity index (χ2n) is 8.48. The highest BCUT2D eigenvalue weighted by Gasteiger charge is 2.46. The SMILES string of the molecule is COc1cc(OC)c(-c2coc3c(C4OC(CO)C(O)C(O)C4O)c(O)c(OC)c(O)c3c2=O)cc1OC. The fraction of sp³-hybridized carbons (Fsp3) is 0.400. The number of aliphatic hydroxyl groups excluding tert-OH is 4. The van der Waals surface area contributed by atoms with Crippen LogP contribution in [0.25, 0.3) is 22.1 Å². The van der Waals surface area contributed by atoms with Crippen LogP contribution in [0.15, 0.2) is 27.6 Å². The third-order valence-corrected chi connectivity index (χ3v) is 6.54. The van der Waals surface area contributed by atoms with Gasteiger partial charge in [0.25, 0.3) is 0 Å². The molecule has 4 rings (SSSR count). The summed E-state index contributed by atoms with van der Waals surface area (Å²) in [4.78, 5) is 13.8. The van der Waals surface area contributed by atoms with Crippen molar-refractivity contribution in [1.29, 1.82) is 0 Å². The highest BCUT2D eigenvalue weighted by Crippen LogP contribution is 2.50. The molecule has 13 heteroatoms. The van der Waals surface area contributed by atoms with Gasteiger partial charge in [0, 0.05) is 11.6 Å². The van der Waals surface area contributed by atoms with E-state index in [2.05, 4.69) is 0 Å². The van der Waals surface area contributed by atoms with Gasteiger partial charge in [-0.15, -0.1) is 0 Å². The van der Waals surface area contributed by atoms with E-state index in [0.717, 1.165) is 13.4 Å². The maximum absolute atomic E-state index is 13.8. The Morgan fingerprint density at radius 3 is 2.03 bits per heavy atom. The monoisotopic (exact) mass is 536 g/mol. The molecule has 5 unspecified atom stereocenters.